The van der Waals surface area contributed by atoms with Crippen molar-refractivity contribution in [3.63, 3.8) is 0 Å². The molecule has 0 atom stereocenters. The van der Waals surface area contributed by atoms with Gasteiger partial charge in [-0.15, -0.1) is 0 Å². The van der Waals surface area contributed by atoms with Crippen molar-refractivity contribution in [3.8, 4) is 5.75 Å². The molecule has 0 aliphatic carbocycles. The van der Waals surface area contributed by atoms with Crippen LogP contribution in [0.4, 0.5) is 13.2 Å². The van der Waals surface area contributed by atoms with Crippen LogP contribution in [0.3, 0.4) is 0 Å². The Hall–Kier alpha value is -1.24. The monoisotopic (exact) mass is 254 g/mol. The molecule has 1 aromatic carbocycles. The zero-order valence-corrected chi connectivity index (χ0v) is 9.10. The second-order valence-corrected chi connectivity index (χ2v) is 4.79. The van der Waals surface area contributed by atoms with E-state index in [-0.39, 0.29) is 0 Å². The second-order valence-electron chi connectivity index (χ2n) is 2.85. The molecule has 3 nitrogen and oxygen atoms in total. The Bertz CT molecular complexity index is 448. The summed E-state index contributed by atoms with van der Waals surface area (Å²) in [5.41, 5.74) is -5.28. The van der Waals surface area contributed by atoms with E-state index in [9.17, 15) is 21.6 Å². The molecule has 90 valence electrons. The van der Waals surface area contributed by atoms with E-state index in [4.69, 9.17) is 4.74 Å². The van der Waals surface area contributed by atoms with Crippen molar-refractivity contribution < 1.29 is 26.3 Å². The van der Waals surface area contributed by atoms with Gasteiger partial charge in [0.05, 0.1) is 11.5 Å². The first-order valence-electron chi connectivity index (χ1n) is 4.33. The van der Waals surface area contributed by atoms with Crippen molar-refractivity contribution in [2.24, 2.45) is 0 Å². The van der Waals surface area contributed by atoms with Gasteiger partial charge >= 0.3 is 5.51 Å². The van der Waals surface area contributed by atoms with Crippen molar-refractivity contribution in [3.05, 3.63) is 24.3 Å². The maximum atomic E-state index is 12.1. The van der Waals surface area contributed by atoms with Crippen LogP contribution in [0.5, 0.6) is 5.75 Å². The molecule has 0 saturated heterocycles. The summed E-state index contributed by atoms with van der Waals surface area (Å²) < 4.78 is 63.3. The Morgan fingerprint density at radius 3 is 2.06 bits per heavy atom. The molecule has 0 unspecified atom stereocenters. The fraction of sp³-hybridized carbons (Fsp3) is 0.333. The SMILES string of the molecule is CCOc1ccc(S(=O)(=O)C(F)(F)F)cc1. The molecule has 0 heterocycles. The highest BCUT2D eigenvalue weighted by molar-refractivity contribution is 7.92. The lowest BCUT2D eigenvalue weighted by Gasteiger charge is -2.08. The predicted octanol–water partition coefficient (Wildman–Crippen LogP) is 2.38. The molecule has 0 fully saturated rings. The highest BCUT2D eigenvalue weighted by atomic mass is 32.2. The molecular weight excluding hydrogens is 245 g/mol. The zero-order valence-electron chi connectivity index (χ0n) is 8.28. The van der Waals surface area contributed by atoms with Crippen LogP contribution in [0.25, 0.3) is 0 Å². The number of halogens is 3. The quantitative estimate of drug-likeness (QED) is 0.831. The minimum atomic E-state index is -5.28. The van der Waals surface area contributed by atoms with Gasteiger partial charge in [0, 0.05) is 0 Å². The van der Waals surface area contributed by atoms with Gasteiger partial charge in [-0.3, -0.25) is 0 Å². The summed E-state index contributed by atoms with van der Waals surface area (Å²) in [6.07, 6.45) is 0. The number of hydrogen-bond acceptors (Lipinski definition) is 3. The van der Waals surface area contributed by atoms with Gasteiger partial charge < -0.3 is 4.74 Å². The molecule has 1 rings (SSSR count). The summed E-state index contributed by atoms with van der Waals surface area (Å²) in [6, 6.07) is 4.10. The van der Waals surface area contributed by atoms with E-state index < -0.39 is 20.2 Å². The number of hydrogen-bond donors (Lipinski definition) is 0. The maximum Gasteiger partial charge on any atom is 0.501 e. The van der Waals surface area contributed by atoms with Crippen molar-refractivity contribution >= 4 is 9.84 Å². The zero-order chi connectivity index (χ0) is 12.4. The fourth-order valence-electron chi connectivity index (χ4n) is 1.02. The van der Waals surface area contributed by atoms with Crippen LogP contribution in [0.15, 0.2) is 29.2 Å². The smallest absolute Gasteiger partial charge is 0.494 e. The van der Waals surface area contributed by atoms with Crippen molar-refractivity contribution in [2.45, 2.75) is 17.3 Å². The van der Waals surface area contributed by atoms with Crippen LogP contribution in [0, 0.1) is 0 Å². The summed E-state index contributed by atoms with van der Waals surface area (Å²) >= 11 is 0. The molecule has 0 radical (unpaired) electrons. The Labute approximate surface area is 90.8 Å². The molecule has 0 aromatic heterocycles. The van der Waals surface area contributed by atoms with E-state index in [1.165, 1.54) is 12.1 Å². The number of sulfone groups is 1. The third-order valence-corrected chi connectivity index (χ3v) is 3.25. The predicted molar refractivity (Wildman–Crippen MR) is 50.9 cm³/mol. The topological polar surface area (TPSA) is 43.4 Å². The van der Waals surface area contributed by atoms with Gasteiger partial charge in [-0.2, -0.15) is 13.2 Å². The van der Waals surface area contributed by atoms with E-state index in [0.29, 0.717) is 12.4 Å². The van der Waals surface area contributed by atoms with Crippen LogP contribution in [0.1, 0.15) is 6.92 Å². The summed E-state index contributed by atoms with van der Waals surface area (Å²) in [4.78, 5) is -0.788. The first-order chi connectivity index (χ1) is 7.29. The van der Waals surface area contributed by atoms with Crippen molar-refractivity contribution in [2.75, 3.05) is 6.61 Å². The molecule has 0 bridgehead atoms. The molecule has 0 aliphatic heterocycles. The van der Waals surface area contributed by atoms with Gasteiger partial charge in [-0.1, -0.05) is 0 Å². The number of alkyl halides is 3. The van der Waals surface area contributed by atoms with Gasteiger partial charge in [0.1, 0.15) is 5.75 Å². The summed E-state index contributed by atoms with van der Waals surface area (Å²) in [6.45, 7) is 2.06. The summed E-state index contributed by atoms with van der Waals surface area (Å²) in [7, 11) is -5.26. The van der Waals surface area contributed by atoms with E-state index >= 15 is 0 Å². The number of ether oxygens (including phenoxy) is 1. The third-order valence-electron chi connectivity index (χ3n) is 1.75. The standard InChI is InChI=1S/C9H9F3O3S/c1-2-15-7-3-5-8(6-4-7)16(13,14)9(10,11)12/h3-6H,2H2,1H3. The molecular formula is C9H9F3O3S. The first-order valence-corrected chi connectivity index (χ1v) is 5.81. The molecule has 0 N–H and O–H groups in total. The van der Waals surface area contributed by atoms with Crippen molar-refractivity contribution in [1.82, 2.24) is 0 Å². The van der Waals surface area contributed by atoms with Crippen molar-refractivity contribution in [1.29, 1.82) is 0 Å². The van der Waals surface area contributed by atoms with E-state index in [1.807, 2.05) is 0 Å². The molecule has 0 spiro atoms. The largest absolute Gasteiger partial charge is 0.501 e. The lowest BCUT2D eigenvalue weighted by atomic mass is 10.3. The van der Waals surface area contributed by atoms with E-state index in [0.717, 1.165) is 12.1 Å². The number of rotatable bonds is 3. The summed E-state index contributed by atoms with van der Waals surface area (Å²) in [5, 5.41) is 0. The maximum absolute atomic E-state index is 12.1. The van der Waals surface area contributed by atoms with Gasteiger partial charge in [-0.05, 0) is 31.2 Å². The van der Waals surface area contributed by atoms with Gasteiger partial charge in [0.25, 0.3) is 9.84 Å². The highest BCUT2D eigenvalue weighted by Crippen LogP contribution is 2.30. The lowest BCUT2D eigenvalue weighted by molar-refractivity contribution is -0.0436. The van der Waals surface area contributed by atoms with Crippen LogP contribution in [0.2, 0.25) is 0 Å². The average molecular weight is 254 g/mol. The molecule has 7 heteroatoms. The van der Waals surface area contributed by atoms with Crippen LogP contribution < -0.4 is 4.74 Å². The van der Waals surface area contributed by atoms with E-state index in [1.54, 1.807) is 6.92 Å². The number of benzene rings is 1. The molecule has 0 amide bonds. The Morgan fingerprint density at radius 2 is 1.69 bits per heavy atom. The first kappa shape index (κ1) is 12.8. The van der Waals surface area contributed by atoms with E-state index in [2.05, 4.69) is 0 Å². The lowest BCUT2D eigenvalue weighted by Crippen LogP contribution is -2.23. The molecule has 1 aromatic rings. The molecule has 0 aliphatic rings. The van der Waals surface area contributed by atoms with Crippen LogP contribution in [-0.4, -0.2) is 20.5 Å². The van der Waals surface area contributed by atoms with Crippen LogP contribution >= 0.6 is 0 Å². The third kappa shape index (κ3) is 2.46. The Balaban J connectivity index is 3.08. The Morgan fingerprint density at radius 1 is 1.19 bits per heavy atom. The minimum Gasteiger partial charge on any atom is -0.494 e. The molecule has 16 heavy (non-hydrogen) atoms. The second kappa shape index (κ2) is 4.32. The van der Waals surface area contributed by atoms with Gasteiger partial charge in [-0.25, -0.2) is 8.42 Å². The summed E-state index contributed by atoms with van der Waals surface area (Å²) in [5.74, 6) is 0.323. The van der Waals surface area contributed by atoms with Gasteiger partial charge in [0.15, 0.2) is 0 Å². The van der Waals surface area contributed by atoms with Gasteiger partial charge in [0.2, 0.25) is 0 Å². The normalized spacial score (nSPS) is 12.5. The molecule has 0 saturated carbocycles. The minimum absolute atomic E-state index is 0.323. The fourth-order valence-corrected chi connectivity index (χ4v) is 1.78. The average Bonchev–Trinajstić information content (AvgIpc) is 2.17. The van der Waals surface area contributed by atoms with Crippen LogP contribution in [-0.2, 0) is 9.84 Å². The highest BCUT2D eigenvalue weighted by Gasteiger charge is 2.46. The Kier molecular flexibility index (Phi) is 3.47.